The minimum atomic E-state index is -0.969. The average Bonchev–Trinajstić information content (AvgIpc) is 3.04. The number of carboxylic acids is 2. The van der Waals surface area contributed by atoms with E-state index in [-0.39, 0.29) is 57.1 Å². The van der Waals surface area contributed by atoms with Gasteiger partial charge in [0.05, 0.1) is 26.2 Å². The van der Waals surface area contributed by atoms with Crippen molar-refractivity contribution in [3.05, 3.63) is 0 Å². The van der Waals surface area contributed by atoms with Crippen molar-refractivity contribution in [3.8, 4) is 0 Å². The lowest BCUT2D eigenvalue weighted by Crippen LogP contribution is -2.49. The third kappa shape index (κ3) is 28.3. The van der Waals surface area contributed by atoms with E-state index >= 15 is 0 Å². The molecule has 1 rings (SSSR count). The third-order valence-electron chi connectivity index (χ3n) is 7.78. The highest BCUT2D eigenvalue weighted by Gasteiger charge is 2.20. The number of carbonyl (C=O) groups is 6. The minimum Gasteiger partial charge on any atom is -0.483 e. The number of hydrogen-bond acceptors (Lipinski definition) is 11. The van der Waals surface area contributed by atoms with Gasteiger partial charge in [0.15, 0.2) is 0 Å². The Morgan fingerprint density at radius 1 is 0.680 bits per heavy atom. The van der Waals surface area contributed by atoms with Crippen LogP contribution in [0.25, 0.3) is 0 Å². The number of nitrogens with zero attached hydrogens (tertiary/aromatic N) is 4. The fourth-order valence-corrected chi connectivity index (χ4v) is 5.01. The smallest absolute Gasteiger partial charge is 0.317 e. The fourth-order valence-electron chi connectivity index (χ4n) is 5.01. The zero-order chi connectivity index (χ0) is 37.6. The van der Waals surface area contributed by atoms with Gasteiger partial charge >= 0.3 is 18.0 Å². The van der Waals surface area contributed by atoms with Gasteiger partial charge in [0.1, 0.15) is 0 Å². The van der Waals surface area contributed by atoms with E-state index in [0.29, 0.717) is 71.2 Å². The van der Waals surface area contributed by atoms with Crippen molar-refractivity contribution in [2.24, 2.45) is 5.92 Å². The summed E-state index contributed by atoms with van der Waals surface area (Å²) < 4.78 is 0. The molecule has 0 radical (unpaired) electrons. The molecule has 0 aromatic rings. The maximum absolute atomic E-state index is 12.6. The van der Waals surface area contributed by atoms with Crippen LogP contribution >= 0.6 is 0 Å². The molecule has 0 atom stereocenters. The minimum absolute atomic E-state index is 0.0529. The first-order chi connectivity index (χ1) is 23.9. The van der Waals surface area contributed by atoms with Crippen LogP contribution in [-0.4, -0.2) is 176 Å². The lowest BCUT2D eigenvalue weighted by molar-refractivity contribution is -0.140. The number of nitrogens with one attached hydrogen (secondary N) is 4. The summed E-state index contributed by atoms with van der Waals surface area (Å²) in [7, 11) is 0. The predicted molar refractivity (Wildman–Crippen MR) is 186 cm³/mol. The zero-order valence-corrected chi connectivity index (χ0v) is 30.2. The Morgan fingerprint density at radius 2 is 1.16 bits per heavy atom. The number of rotatable bonds is 21. The van der Waals surface area contributed by atoms with Gasteiger partial charge in [0.2, 0.25) is 5.91 Å². The van der Waals surface area contributed by atoms with Crippen molar-refractivity contribution in [2.45, 2.75) is 59.3 Å². The van der Waals surface area contributed by atoms with Crippen LogP contribution in [0.5, 0.6) is 0 Å². The Balaban J connectivity index is 0.00000770. The molecule has 1 fully saturated rings. The van der Waals surface area contributed by atoms with Crippen molar-refractivity contribution in [2.75, 3.05) is 105 Å². The number of hydroxylamine groups is 1. The maximum Gasteiger partial charge on any atom is 0.317 e. The number of carboxylic acid groups (broad SMARTS) is 3. The van der Waals surface area contributed by atoms with Crippen molar-refractivity contribution in [3.63, 3.8) is 0 Å². The van der Waals surface area contributed by atoms with Gasteiger partial charge in [-0.25, -0.2) is 10.3 Å². The highest BCUT2D eigenvalue weighted by atomic mass is 16.7. The Hall–Kier alpha value is -3.58. The molecular weight excluding hydrogens is 656 g/mol. The molecule has 0 spiro atoms. The normalized spacial score (nSPS) is 15.4. The molecule has 18 heteroatoms. The molecule has 0 aliphatic carbocycles. The molecule has 0 aromatic carbocycles. The molecule has 1 aliphatic rings. The summed E-state index contributed by atoms with van der Waals surface area (Å²) in [6.45, 7) is 12.2. The Morgan fingerprint density at radius 3 is 1.66 bits per heavy atom. The molecule has 1 heterocycles. The predicted octanol–water partition coefficient (Wildman–Crippen LogP) is -0.442. The van der Waals surface area contributed by atoms with E-state index in [1.165, 1.54) is 0 Å². The molecular formula is C32H62N8O10. The zero-order valence-electron chi connectivity index (χ0n) is 30.2. The van der Waals surface area contributed by atoms with E-state index in [0.717, 1.165) is 45.2 Å². The maximum atomic E-state index is 12.6. The van der Waals surface area contributed by atoms with E-state index in [4.69, 9.17) is 14.7 Å². The monoisotopic (exact) mass is 718 g/mol. The molecule has 4 amide bonds. The van der Waals surface area contributed by atoms with Crippen LogP contribution in [-0.2, 0) is 28.8 Å². The lowest BCUT2D eigenvalue weighted by Gasteiger charge is -2.32. The fraction of sp³-hybridized carbons (Fsp3) is 0.812. The van der Waals surface area contributed by atoms with Crippen LogP contribution in [0, 0.1) is 5.92 Å². The summed E-state index contributed by atoms with van der Waals surface area (Å²) in [6, 6.07) is -0.334. The molecule has 1 saturated heterocycles. The van der Waals surface area contributed by atoms with E-state index in [1.807, 2.05) is 16.7 Å². The second-order valence-corrected chi connectivity index (χ2v) is 12.4. The van der Waals surface area contributed by atoms with Crippen LogP contribution in [0.4, 0.5) is 4.79 Å². The first-order valence-corrected chi connectivity index (χ1v) is 17.5. The topological polar surface area (TPSA) is 233 Å². The highest BCUT2D eigenvalue weighted by molar-refractivity contribution is 5.77. The standard InChI is InChI=1S/C31H60N8O8.CH2O2/c1-4-36-14-16-37(18-19-39(25-30(44)45)21-20-38(17-15-36)24-29(42)43)23-28(41)35-47-22-13-34-31(46)33-11-7-5-6-10-27(40)32-12-8-9-26(2)3;2-1-3/h26H,4-25H2,1-3H3,(H,32,40)(H,35,41)(H,42,43)(H,44,45)(H2,33,34,46);1H,(H,2,3). The summed E-state index contributed by atoms with van der Waals surface area (Å²) in [6.07, 6.45) is 4.96. The number of unbranched alkanes of at least 4 members (excludes halogenated alkanes) is 2. The van der Waals surface area contributed by atoms with Crippen molar-refractivity contribution in [1.82, 2.24) is 41.0 Å². The van der Waals surface area contributed by atoms with Gasteiger partial charge in [-0.1, -0.05) is 27.2 Å². The van der Waals surface area contributed by atoms with Crippen LogP contribution in [0.1, 0.15) is 59.3 Å². The van der Waals surface area contributed by atoms with Gasteiger partial charge in [-0.15, -0.1) is 0 Å². The van der Waals surface area contributed by atoms with E-state index < -0.39 is 11.9 Å². The Bertz CT molecular complexity index is 975. The van der Waals surface area contributed by atoms with Gasteiger partial charge < -0.3 is 36.2 Å². The van der Waals surface area contributed by atoms with E-state index in [2.05, 4.69) is 40.2 Å². The molecule has 0 saturated carbocycles. The number of aliphatic carboxylic acids is 2. The van der Waals surface area contributed by atoms with Crippen molar-refractivity contribution in [1.29, 1.82) is 0 Å². The first-order valence-electron chi connectivity index (χ1n) is 17.5. The second-order valence-electron chi connectivity index (χ2n) is 12.4. The summed E-state index contributed by atoms with van der Waals surface area (Å²) in [5, 5.41) is 33.9. The summed E-state index contributed by atoms with van der Waals surface area (Å²) in [5.74, 6) is -1.53. The summed E-state index contributed by atoms with van der Waals surface area (Å²) >= 11 is 0. The molecule has 0 aromatic heterocycles. The van der Waals surface area contributed by atoms with Crippen LogP contribution < -0.4 is 21.4 Å². The molecule has 18 nitrogen and oxygen atoms in total. The van der Waals surface area contributed by atoms with Gasteiger partial charge in [0, 0.05) is 78.4 Å². The largest absolute Gasteiger partial charge is 0.483 e. The second kappa shape index (κ2) is 30.3. The number of urea groups is 1. The average molecular weight is 719 g/mol. The quantitative estimate of drug-likeness (QED) is 0.0453. The Kier molecular flexibility index (Phi) is 28.1. The van der Waals surface area contributed by atoms with Gasteiger partial charge in [-0.3, -0.25) is 43.5 Å². The lowest BCUT2D eigenvalue weighted by atomic mass is 10.1. The number of likely N-dealkylation sites (N-methyl/N-ethyl adjacent to an activating group) is 1. The summed E-state index contributed by atoms with van der Waals surface area (Å²) in [4.78, 5) is 80.5. The molecule has 290 valence electrons. The SMILES string of the molecule is CCN1CCN(CC(=O)O)CCN(CC(=O)O)CCN(CC(=O)NOCCNC(=O)NCCCCCC(=O)NCCCC(C)C)CC1.O=CO. The van der Waals surface area contributed by atoms with Crippen molar-refractivity contribution < 1.29 is 48.9 Å². The number of amides is 4. The summed E-state index contributed by atoms with van der Waals surface area (Å²) in [5.41, 5.74) is 2.41. The molecule has 0 bridgehead atoms. The Labute approximate surface area is 296 Å². The third-order valence-corrected chi connectivity index (χ3v) is 7.78. The van der Waals surface area contributed by atoms with Crippen LogP contribution in [0.15, 0.2) is 0 Å². The molecule has 0 unspecified atom stereocenters. The molecule has 7 N–H and O–H groups in total. The molecule has 50 heavy (non-hydrogen) atoms. The van der Waals surface area contributed by atoms with Crippen LogP contribution in [0.3, 0.4) is 0 Å². The van der Waals surface area contributed by atoms with E-state index in [9.17, 15) is 34.2 Å². The number of hydrogen-bond donors (Lipinski definition) is 7. The van der Waals surface area contributed by atoms with Gasteiger partial charge in [-0.2, -0.15) is 0 Å². The molecule has 1 aliphatic heterocycles. The van der Waals surface area contributed by atoms with Gasteiger partial charge in [0.25, 0.3) is 12.4 Å². The highest BCUT2D eigenvalue weighted by Crippen LogP contribution is 2.04. The number of carbonyl (C=O) groups excluding carboxylic acids is 3. The van der Waals surface area contributed by atoms with Crippen molar-refractivity contribution >= 4 is 36.3 Å². The van der Waals surface area contributed by atoms with E-state index in [1.54, 1.807) is 4.90 Å². The van der Waals surface area contributed by atoms with Crippen LogP contribution in [0.2, 0.25) is 0 Å². The first kappa shape index (κ1) is 46.4. The van der Waals surface area contributed by atoms with Gasteiger partial charge in [-0.05, 0) is 38.1 Å².